The standard InChI is InChI=1S/C19H26N4/c1-3-10-23-11-5-4-9-17(23)19(20)16-8-6-7-15(12-16)18-13-21-14-22(18)2/h3,6-8,12-14,17,19H,1,4-5,9-11,20H2,2H3/t17-,19?/m0/s1. The van der Waals surface area contributed by atoms with Crippen LogP contribution < -0.4 is 5.73 Å². The van der Waals surface area contributed by atoms with Gasteiger partial charge in [0.15, 0.2) is 0 Å². The van der Waals surface area contributed by atoms with Crippen LogP contribution in [0.3, 0.4) is 0 Å². The maximum atomic E-state index is 6.65. The Morgan fingerprint density at radius 2 is 2.30 bits per heavy atom. The Morgan fingerprint density at radius 3 is 3.04 bits per heavy atom. The van der Waals surface area contributed by atoms with Gasteiger partial charge in [-0.05, 0) is 31.0 Å². The predicted molar refractivity (Wildman–Crippen MR) is 95.0 cm³/mol. The Hall–Kier alpha value is -1.91. The highest BCUT2D eigenvalue weighted by atomic mass is 15.2. The van der Waals surface area contributed by atoms with Gasteiger partial charge in [0.25, 0.3) is 0 Å². The van der Waals surface area contributed by atoms with Crippen LogP contribution in [0.1, 0.15) is 30.9 Å². The van der Waals surface area contributed by atoms with E-state index in [1.807, 2.05) is 30.2 Å². The first-order chi connectivity index (χ1) is 11.2. The molecule has 2 N–H and O–H groups in total. The molecule has 1 aromatic carbocycles. The van der Waals surface area contributed by atoms with Gasteiger partial charge < -0.3 is 10.3 Å². The maximum Gasteiger partial charge on any atom is 0.0948 e. The van der Waals surface area contributed by atoms with Crippen LogP contribution in [0.2, 0.25) is 0 Å². The van der Waals surface area contributed by atoms with Crippen molar-refractivity contribution in [2.24, 2.45) is 12.8 Å². The molecule has 0 saturated carbocycles. The lowest BCUT2D eigenvalue weighted by atomic mass is 9.90. The van der Waals surface area contributed by atoms with E-state index in [2.05, 4.69) is 40.7 Å². The molecule has 2 heterocycles. The van der Waals surface area contributed by atoms with E-state index in [1.165, 1.54) is 24.0 Å². The smallest absolute Gasteiger partial charge is 0.0948 e. The van der Waals surface area contributed by atoms with Crippen LogP contribution in [-0.2, 0) is 7.05 Å². The second kappa shape index (κ2) is 7.11. The maximum absolute atomic E-state index is 6.65. The van der Waals surface area contributed by atoms with E-state index in [9.17, 15) is 0 Å². The molecule has 23 heavy (non-hydrogen) atoms. The van der Waals surface area contributed by atoms with Crippen LogP contribution in [0.4, 0.5) is 0 Å². The summed E-state index contributed by atoms with van der Waals surface area (Å²) in [7, 11) is 2.02. The van der Waals surface area contributed by atoms with E-state index in [0.29, 0.717) is 6.04 Å². The molecule has 1 saturated heterocycles. The summed E-state index contributed by atoms with van der Waals surface area (Å²) in [5.41, 5.74) is 10.1. The van der Waals surface area contributed by atoms with Crippen molar-refractivity contribution in [2.45, 2.75) is 31.3 Å². The second-order valence-electron chi connectivity index (χ2n) is 6.39. The van der Waals surface area contributed by atoms with Crippen molar-refractivity contribution in [2.75, 3.05) is 13.1 Å². The molecular weight excluding hydrogens is 284 g/mol. The normalized spacial score (nSPS) is 20.3. The molecule has 1 aromatic heterocycles. The highest BCUT2D eigenvalue weighted by molar-refractivity contribution is 5.60. The van der Waals surface area contributed by atoms with Gasteiger partial charge in [-0.25, -0.2) is 4.98 Å². The van der Waals surface area contributed by atoms with Crippen molar-refractivity contribution in [3.8, 4) is 11.3 Å². The van der Waals surface area contributed by atoms with E-state index in [-0.39, 0.29) is 6.04 Å². The lowest BCUT2D eigenvalue weighted by Crippen LogP contribution is -2.45. The number of imidazole rings is 1. The first kappa shape index (κ1) is 16.0. The summed E-state index contributed by atoms with van der Waals surface area (Å²) in [6.45, 7) is 5.92. The van der Waals surface area contributed by atoms with Crippen LogP contribution >= 0.6 is 0 Å². The quantitative estimate of drug-likeness (QED) is 0.863. The number of rotatable bonds is 5. The SMILES string of the molecule is C=CCN1CCCC[C@H]1C(N)c1cccc(-c2cncn2C)c1. The van der Waals surface area contributed by atoms with Crippen molar-refractivity contribution >= 4 is 0 Å². The van der Waals surface area contributed by atoms with Crippen LogP contribution in [0.5, 0.6) is 0 Å². The molecule has 122 valence electrons. The summed E-state index contributed by atoms with van der Waals surface area (Å²) >= 11 is 0. The Kier molecular flexibility index (Phi) is 4.94. The van der Waals surface area contributed by atoms with E-state index < -0.39 is 0 Å². The number of benzene rings is 1. The Labute approximate surface area is 138 Å². The van der Waals surface area contributed by atoms with E-state index in [0.717, 1.165) is 25.2 Å². The van der Waals surface area contributed by atoms with E-state index in [4.69, 9.17) is 5.73 Å². The number of piperidine rings is 1. The summed E-state index contributed by atoms with van der Waals surface area (Å²) in [5.74, 6) is 0. The molecule has 1 aliphatic rings. The molecule has 0 aliphatic carbocycles. The van der Waals surface area contributed by atoms with Gasteiger partial charge in [-0.15, -0.1) is 6.58 Å². The number of nitrogens with two attached hydrogens (primary N) is 1. The predicted octanol–water partition coefficient (Wildman–Crippen LogP) is 3.13. The summed E-state index contributed by atoms with van der Waals surface area (Å²) in [6, 6.07) is 8.99. The number of likely N-dealkylation sites (tertiary alicyclic amines) is 1. The highest BCUT2D eigenvalue weighted by Gasteiger charge is 2.28. The van der Waals surface area contributed by atoms with Gasteiger partial charge in [-0.3, -0.25) is 4.90 Å². The Balaban J connectivity index is 1.85. The zero-order valence-electron chi connectivity index (χ0n) is 13.9. The lowest BCUT2D eigenvalue weighted by Gasteiger charge is -2.38. The monoisotopic (exact) mass is 310 g/mol. The fraction of sp³-hybridized carbons (Fsp3) is 0.421. The van der Waals surface area contributed by atoms with Crippen molar-refractivity contribution in [1.29, 1.82) is 0 Å². The average Bonchev–Trinajstić information content (AvgIpc) is 3.01. The largest absolute Gasteiger partial charge is 0.334 e. The fourth-order valence-electron chi connectivity index (χ4n) is 3.58. The lowest BCUT2D eigenvalue weighted by molar-refractivity contribution is 0.141. The Bertz CT molecular complexity index is 661. The summed E-state index contributed by atoms with van der Waals surface area (Å²) < 4.78 is 2.04. The molecule has 1 fully saturated rings. The minimum absolute atomic E-state index is 0.0310. The molecule has 4 nitrogen and oxygen atoms in total. The van der Waals surface area contributed by atoms with Gasteiger partial charge in [0.2, 0.25) is 0 Å². The number of hydrogen-bond donors (Lipinski definition) is 1. The molecule has 0 radical (unpaired) electrons. The van der Waals surface area contributed by atoms with Crippen molar-refractivity contribution in [1.82, 2.24) is 14.5 Å². The minimum Gasteiger partial charge on any atom is -0.334 e. The minimum atomic E-state index is 0.0310. The molecule has 2 aromatic rings. The van der Waals surface area contributed by atoms with E-state index in [1.54, 1.807) is 0 Å². The summed E-state index contributed by atoms with van der Waals surface area (Å²) in [4.78, 5) is 6.68. The van der Waals surface area contributed by atoms with Gasteiger partial charge in [0.05, 0.1) is 18.2 Å². The van der Waals surface area contributed by atoms with Crippen LogP contribution in [0, 0.1) is 0 Å². The second-order valence-corrected chi connectivity index (χ2v) is 6.39. The molecule has 1 aliphatic heterocycles. The fourth-order valence-corrected chi connectivity index (χ4v) is 3.58. The molecule has 2 atom stereocenters. The van der Waals surface area contributed by atoms with Crippen molar-refractivity contribution < 1.29 is 0 Å². The molecule has 0 bridgehead atoms. The zero-order chi connectivity index (χ0) is 16.2. The van der Waals surface area contributed by atoms with Gasteiger partial charge in [0, 0.05) is 31.2 Å². The third-order valence-corrected chi connectivity index (χ3v) is 4.83. The number of nitrogens with zero attached hydrogens (tertiary/aromatic N) is 3. The first-order valence-corrected chi connectivity index (χ1v) is 8.38. The van der Waals surface area contributed by atoms with Crippen molar-refractivity contribution in [3.63, 3.8) is 0 Å². The number of aryl methyl sites for hydroxylation is 1. The summed E-state index contributed by atoms with van der Waals surface area (Å²) in [6.07, 6.45) is 9.38. The zero-order valence-corrected chi connectivity index (χ0v) is 13.9. The van der Waals surface area contributed by atoms with Gasteiger partial charge >= 0.3 is 0 Å². The highest BCUT2D eigenvalue weighted by Crippen LogP contribution is 2.29. The molecule has 4 heteroatoms. The van der Waals surface area contributed by atoms with Gasteiger partial charge in [0.1, 0.15) is 0 Å². The topological polar surface area (TPSA) is 47.1 Å². The number of hydrogen-bond acceptors (Lipinski definition) is 3. The van der Waals surface area contributed by atoms with Crippen LogP contribution in [0.15, 0.2) is 49.4 Å². The molecule has 3 rings (SSSR count). The van der Waals surface area contributed by atoms with Crippen LogP contribution in [-0.4, -0.2) is 33.6 Å². The first-order valence-electron chi connectivity index (χ1n) is 8.38. The summed E-state index contributed by atoms with van der Waals surface area (Å²) in [5, 5.41) is 0. The Morgan fingerprint density at radius 1 is 1.43 bits per heavy atom. The number of aromatic nitrogens is 2. The third-order valence-electron chi connectivity index (χ3n) is 4.83. The molecule has 1 unspecified atom stereocenters. The van der Waals surface area contributed by atoms with Gasteiger partial charge in [-0.2, -0.15) is 0 Å². The molecule has 0 amide bonds. The van der Waals surface area contributed by atoms with Gasteiger partial charge in [-0.1, -0.05) is 30.7 Å². The third kappa shape index (κ3) is 3.38. The molecular formula is C19H26N4. The van der Waals surface area contributed by atoms with Crippen molar-refractivity contribution in [3.05, 3.63) is 55.0 Å². The average molecular weight is 310 g/mol. The van der Waals surface area contributed by atoms with E-state index >= 15 is 0 Å². The molecule has 0 spiro atoms. The van der Waals surface area contributed by atoms with Crippen LogP contribution in [0.25, 0.3) is 11.3 Å².